The lowest BCUT2D eigenvalue weighted by Gasteiger charge is -2.11. The van der Waals surface area contributed by atoms with E-state index in [1.807, 2.05) is 0 Å². The number of carbonyl (C=O) groups excluding carboxylic acids is 2. The molecule has 0 aromatic rings. The number of rotatable bonds is 35. The van der Waals surface area contributed by atoms with E-state index in [0.29, 0.717) is 13.2 Å². The number of carbonyl (C=O) groups is 2. The zero-order chi connectivity index (χ0) is 32.9. The largest absolute Gasteiger partial charge is 0.466 e. The highest BCUT2D eigenvalue weighted by molar-refractivity contribution is 5.81. The summed E-state index contributed by atoms with van der Waals surface area (Å²) in [5, 5.41) is 9.98. The monoisotopic (exact) mass is 635 g/mol. The highest BCUT2D eigenvalue weighted by Gasteiger charge is 2.21. The molecular weight excluding hydrogens is 560 g/mol. The van der Waals surface area contributed by atoms with Crippen molar-refractivity contribution < 1.29 is 24.2 Å². The van der Waals surface area contributed by atoms with Gasteiger partial charge in [-0.25, -0.2) is 4.79 Å². The molecule has 0 radical (unpaired) electrons. The second-order valence-corrected chi connectivity index (χ2v) is 13.0. The van der Waals surface area contributed by atoms with E-state index in [4.69, 9.17) is 9.47 Å². The Kier molecular flexibility index (Phi) is 35.5. The maximum Gasteiger partial charge on any atom is 0.335 e. The average molecular weight is 635 g/mol. The van der Waals surface area contributed by atoms with Gasteiger partial charge in [0.2, 0.25) is 0 Å². The molecule has 0 aromatic heterocycles. The predicted octanol–water partition coefficient (Wildman–Crippen LogP) is 11.9. The summed E-state index contributed by atoms with van der Waals surface area (Å²) in [5.41, 5.74) is 0. The van der Waals surface area contributed by atoms with Crippen LogP contribution in [0.3, 0.4) is 0 Å². The van der Waals surface area contributed by atoms with Gasteiger partial charge in [0.05, 0.1) is 19.6 Å². The maximum absolute atomic E-state index is 12.0. The van der Waals surface area contributed by atoms with Gasteiger partial charge < -0.3 is 14.6 Å². The molecule has 264 valence electrons. The Morgan fingerprint density at radius 3 is 1.16 bits per heavy atom. The van der Waals surface area contributed by atoms with Gasteiger partial charge in [0.15, 0.2) is 6.10 Å². The standard InChI is InChI=1S/C40H74O5/c1-3-5-7-9-11-13-15-17-19-21-23-25-27-29-31-33-35-44-39(42)37-38(41)40(43)45-36-34-32-30-28-26-24-22-20-18-16-14-12-10-8-6-4-2/h17-20,38,41H,3-16,21-37H2,1-2H3/b19-17+,20-18+. The first-order valence-electron chi connectivity index (χ1n) is 19.4. The quantitative estimate of drug-likeness (QED) is 0.0426. The normalized spacial score (nSPS) is 12.3. The molecule has 0 saturated heterocycles. The minimum Gasteiger partial charge on any atom is -0.466 e. The lowest BCUT2D eigenvalue weighted by Crippen LogP contribution is -2.27. The van der Waals surface area contributed by atoms with E-state index in [1.54, 1.807) is 0 Å². The number of hydrogen-bond acceptors (Lipinski definition) is 5. The Balaban J connectivity index is 3.45. The van der Waals surface area contributed by atoms with Crippen molar-refractivity contribution in [2.45, 2.75) is 206 Å². The molecular formula is C40H74O5. The number of allylic oxidation sites excluding steroid dienone is 4. The van der Waals surface area contributed by atoms with Gasteiger partial charge in [0.25, 0.3) is 0 Å². The Labute approximate surface area is 279 Å². The number of unbranched alkanes of at least 4 members (excludes halogenated alkanes) is 24. The van der Waals surface area contributed by atoms with Gasteiger partial charge in [0.1, 0.15) is 0 Å². The summed E-state index contributed by atoms with van der Waals surface area (Å²) >= 11 is 0. The van der Waals surface area contributed by atoms with Crippen LogP contribution in [-0.2, 0) is 19.1 Å². The molecule has 0 saturated carbocycles. The van der Waals surface area contributed by atoms with Gasteiger partial charge >= 0.3 is 11.9 Å². The van der Waals surface area contributed by atoms with Crippen LogP contribution in [-0.4, -0.2) is 36.4 Å². The Morgan fingerprint density at radius 1 is 0.467 bits per heavy atom. The summed E-state index contributed by atoms with van der Waals surface area (Å²) in [6.07, 6.45) is 42.0. The summed E-state index contributed by atoms with van der Waals surface area (Å²) in [6.45, 7) is 5.16. The van der Waals surface area contributed by atoms with Crippen LogP contribution in [0.15, 0.2) is 24.3 Å². The lowest BCUT2D eigenvalue weighted by molar-refractivity contribution is -0.160. The first kappa shape index (κ1) is 43.4. The molecule has 5 nitrogen and oxygen atoms in total. The van der Waals surface area contributed by atoms with Crippen LogP contribution in [0.2, 0.25) is 0 Å². The number of aliphatic hydroxyl groups excluding tert-OH is 1. The van der Waals surface area contributed by atoms with E-state index in [-0.39, 0.29) is 6.42 Å². The second kappa shape index (κ2) is 36.8. The van der Waals surface area contributed by atoms with Gasteiger partial charge in [-0.15, -0.1) is 0 Å². The smallest absolute Gasteiger partial charge is 0.335 e. The summed E-state index contributed by atoms with van der Waals surface area (Å²) in [5.74, 6) is -1.26. The first-order valence-corrected chi connectivity index (χ1v) is 19.4. The van der Waals surface area contributed by atoms with Crippen LogP contribution in [0.4, 0.5) is 0 Å². The molecule has 0 aliphatic rings. The summed E-state index contributed by atoms with van der Waals surface area (Å²) in [4.78, 5) is 23.9. The van der Waals surface area contributed by atoms with Crippen LogP contribution < -0.4 is 0 Å². The molecule has 0 amide bonds. The molecule has 45 heavy (non-hydrogen) atoms. The van der Waals surface area contributed by atoms with Crippen molar-refractivity contribution in [1.29, 1.82) is 0 Å². The lowest BCUT2D eigenvalue weighted by atomic mass is 10.1. The van der Waals surface area contributed by atoms with Crippen LogP contribution in [0.25, 0.3) is 0 Å². The topological polar surface area (TPSA) is 72.8 Å². The third-order valence-electron chi connectivity index (χ3n) is 8.45. The molecule has 0 bridgehead atoms. The van der Waals surface area contributed by atoms with Gasteiger partial charge in [-0.1, -0.05) is 154 Å². The van der Waals surface area contributed by atoms with Crippen molar-refractivity contribution in [1.82, 2.24) is 0 Å². The van der Waals surface area contributed by atoms with E-state index in [9.17, 15) is 14.7 Å². The SMILES string of the molecule is CCCCCCCC/C=C/CCCCCCCCOC(=O)CC(O)C(=O)OCCCCCCCC/C=C/CCCCCCCC. The first-order chi connectivity index (χ1) is 22.1. The molecule has 1 N–H and O–H groups in total. The van der Waals surface area contributed by atoms with Crippen LogP contribution >= 0.6 is 0 Å². The van der Waals surface area contributed by atoms with E-state index in [1.165, 1.54) is 141 Å². The van der Waals surface area contributed by atoms with E-state index in [2.05, 4.69) is 38.2 Å². The van der Waals surface area contributed by atoms with Crippen molar-refractivity contribution in [3.05, 3.63) is 24.3 Å². The Bertz CT molecular complexity index is 686. The Morgan fingerprint density at radius 2 is 0.778 bits per heavy atom. The zero-order valence-corrected chi connectivity index (χ0v) is 29.9. The van der Waals surface area contributed by atoms with Gasteiger partial charge in [-0.2, -0.15) is 0 Å². The molecule has 0 fully saturated rings. The van der Waals surface area contributed by atoms with Crippen LogP contribution in [0.5, 0.6) is 0 Å². The minimum absolute atomic E-state index is 0.293. The zero-order valence-electron chi connectivity index (χ0n) is 29.9. The summed E-state index contributed by atoms with van der Waals surface area (Å²) in [7, 11) is 0. The number of aliphatic hydroxyl groups is 1. The summed E-state index contributed by atoms with van der Waals surface area (Å²) in [6, 6.07) is 0. The van der Waals surface area contributed by atoms with Crippen molar-refractivity contribution in [3.8, 4) is 0 Å². The molecule has 0 aromatic carbocycles. The highest BCUT2D eigenvalue weighted by atomic mass is 16.6. The maximum atomic E-state index is 12.0. The fourth-order valence-electron chi connectivity index (χ4n) is 5.45. The van der Waals surface area contributed by atoms with Crippen LogP contribution in [0, 0.1) is 0 Å². The van der Waals surface area contributed by atoms with Crippen molar-refractivity contribution in [2.24, 2.45) is 0 Å². The molecule has 0 aliphatic heterocycles. The molecule has 0 rings (SSSR count). The fraction of sp³-hybridized carbons (Fsp3) is 0.850. The molecule has 5 heteroatoms. The third-order valence-corrected chi connectivity index (χ3v) is 8.45. The van der Waals surface area contributed by atoms with Gasteiger partial charge in [-0.05, 0) is 64.2 Å². The molecule has 0 heterocycles. The van der Waals surface area contributed by atoms with Crippen molar-refractivity contribution in [2.75, 3.05) is 13.2 Å². The Hall–Kier alpha value is -1.62. The van der Waals surface area contributed by atoms with Gasteiger partial charge in [-0.3, -0.25) is 4.79 Å². The molecule has 0 aliphatic carbocycles. The van der Waals surface area contributed by atoms with E-state index in [0.717, 1.165) is 38.5 Å². The molecule has 1 unspecified atom stereocenters. The molecule has 1 atom stereocenters. The third kappa shape index (κ3) is 35.1. The molecule has 0 spiro atoms. The fourth-order valence-corrected chi connectivity index (χ4v) is 5.45. The van der Waals surface area contributed by atoms with E-state index < -0.39 is 18.0 Å². The summed E-state index contributed by atoms with van der Waals surface area (Å²) < 4.78 is 10.4. The minimum atomic E-state index is -1.44. The number of esters is 2. The average Bonchev–Trinajstić information content (AvgIpc) is 3.03. The van der Waals surface area contributed by atoms with Crippen molar-refractivity contribution >= 4 is 11.9 Å². The number of ether oxygens (including phenoxy) is 2. The van der Waals surface area contributed by atoms with Crippen molar-refractivity contribution in [3.63, 3.8) is 0 Å². The van der Waals surface area contributed by atoms with Crippen LogP contribution in [0.1, 0.15) is 200 Å². The second-order valence-electron chi connectivity index (χ2n) is 13.0. The number of hydrogen-bond donors (Lipinski definition) is 1. The predicted molar refractivity (Wildman–Crippen MR) is 191 cm³/mol. The highest BCUT2D eigenvalue weighted by Crippen LogP contribution is 2.12. The van der Waals surface area contributed by atoms with Gasteiger partial charge in [0, 0.05) is 0 Å². The van der Waals surface area contributed by atoms with E-state index >= 15 is 0 Å².